The standard InChI is InChI=1S/C12H12BrClN2O3/c13-9-4-8(14)1-2-10(9)15-12(19)16-5-7(6-16)3-11(17)18/h1-2,4,7H,3,5-6H2,(H,15,19)(H,17,18). The van der Waals surface area contributed by atoms with Crippen molar-refractivity contribution in [2.75, 3.05) is 18.4 Å². The molecule has 1 heterocycles. The summed E-state index contributed by atoms with van der Waals surface area (Å²) in [4.78, 5) is 24.0. The van der Waals surface area contributed by atoms with Crippen LogP contribution < -0.4 is 5.32 Å². The van der Waals surface area contributed by atoms with Gasteiger partial charge >= 0.3 is 12.0 Å². The first-order valence-electron chi connectivity index (χ1n) is 5.68. The van der Waals surface area contributed by atoms with Crippen molar-refractivity contribution < 1.29 is 14.7 Å². The minimum Gasteiger partial charge on any atom is -0.481 e. The molecule has 1 fully saturated rings. The number of amides is 2. The Labute approximate surface area is 123 Å². The number of rotatable bonds is 3. The number of hydrogen-bond donors (Lipinski definition) is 2. The van der Waals surface area contributed by atoms with E-state index in [9.17, 15) is 9.59 Å². The van der Waals surface area contributed by atoms with Crippen molar-refractivity contribution in [2.24, 2.45) is 5.92 Å². The van der Waals surface area contributed by atoms with Crippen molar-refractivity contribution in [1.82, 2.24) is 4.90 Å². The lowest BCUT2D eigenvalue weighted by Gasteiger charge is -2.38. The molecule has 2 amide bonds. The highest BCUT2D eigenvalue weighted by Crippen LogP contribution is 2.27. The second-order valence-corrected chi connectivity index (χ2v) is 5.71. The van der Waals surface area contributed by atoms with Gasteiger partial charge in [-0.2, -0.15) is 0 Å². The molecule has 5 nitrogen and oxygen atoms in total. The molecule has 1 aromatic rings. The topological polar surface area (TPSA) is 69.6 Å². The quantitative estimate of drug-likeness (QED) is 0.883. The Balaban J connectivity index is 1.87. The van der Waals surface area contributed by atoms with Crippen LogP contribution in [0.4, 0.5) is 10.5 Å². The van der Waals surface area contributed by atoms with Crippen molar-refractivity contribution in [1.29, 1.82) is 0 Å². The molecule has 1 aliphatic heterocycles. The molecule has 0 unspecified atom stereocenters. The second-order valence-electron chi connectivity index (χ2n) is 4.42. The average molecular weight is 348 g/mol. The fraction of sp³-hybridized carbons (Fsp3) is 0.333. The lowest BCUT2D eigenvalue weighted by molar-refractivity contribution is -0.139. The van der Waals surface area contributed by atoms with Gasteiger partial charge in [0.25, 0.3) is 0 Å². The predicted molar refractivity (Wildman–Crippen MR) is 75.5 cm³/mol. The zero-order valence-corrected chi connectivity index (χ0v) is 12.2. The molecule has 0 atom stereocenters. The van der Waals surface area contributed by atoms with E-state index in [0.29, 0.717) is 28.3 Å². The fourth-order valence-electron chi connectivity index (χ4n) is 1.90. The van der Waals surface area contributed by atoms with Gasteiger partial charge in [0.15, 0.2) is 0 Å². The Morgan fingerprint density at radius 3 is 2.74 bits per heavy atom. The predicted octanol–water partition coefficient (Wildman–Crippen LogP) is 3.04. The van der Waals surface area contributed by atoms with Crippen molar-refractivity contribution in [3.8, 4) is 0 Å². The van der Waals surface area contributed by atoms with Crippen LogP contribution in [0, 0.1) is 5.92 Å². The van der Waals surface area contributed by atoms with Crippen molar-refractivity contribution in [2.45, 2.75) is 6.42 Å². The molecule has 0 bridgehead atoms. The van der Waals surface area contributed by atoms with E-state index in [-0.39, 0.29) is 18.4 Å². The molecular formula is C12H12BrClN2O3. The van der Waals surface area contributed by atoms with Crippen LogP contribution in [0.5, 0.6) is 0 Å². The van der Waals surface area contributed by atoms with Gasteiger partial charge in [-0.3, -0.25) is 4.79 Å². The lowest BCUT2D eigenvalue weighted by atomic mass is 9.97. The smallest absolute Gasteiger partial charge is 0.321 e. The molecule has 2 rings (SSSR count). The third kappa shape index (κ3) is 3.61. The largest absolute Gasteiger partial charge is 0.481 e. The number of urea groups is 1. The summed E-state index contributed by atoms with van der Waals surface area (Å²) in [6.07, 6.45) is 0.106. The Morgan fingerprint density at radius 1 is 1.47 bits per heavy atom. The molecule has 2 N–H and O–H groups in total. The lowest BCUT2D eigenvalue weighted by Crippen LogP contribution is -2.52. The summed E-state index contributed by atoms with van der Waals surface area (Å²) in [5, 5.41) is 12.0. The Bertz CT molecular complexity index is 518. The number of carboxylic acids is 1. The molecule has 0 aromatic heterocycles. The van der Waals surface area contributed by atoms with Crippen LogP contribution in [0.15, 0.2) is 22.7 Å². The van der Waals surface area contributed by atoms with Gasteiger partial charge < -0.3 is 15.3 Å². The molecule has 0 radical (unpaired) electrons. The summed E-state index contributed by atoms with van der Waals surface area (Å²) >= 11 is 9.13. The zero-order chi connectivity index (χ0) is 14.0. The van der Waals surface area contributed by atoms with E-state index in [1.54, 1.807) is 23.1 Å². The van der Waals surface area contributed by atoms with Crippen molar-refractivity contribution in [3.63, 3.8) is 0 Å². The number of carboxylic acid groups (broad SMARTS) is 1. The van der Waals surface area contributed by atoms with Crippen LogP contribution >= 0.6 is 27.5 Å². The molecule has 1 saturated heterocycles. The number of nitrogens with zero attached hydrogens (tertiary/aromatic N) is 1. The number of halogens is 2. The number of likely N-dealkylation sites (tertiary alicyclic amines) is 1. The number of benzene rings is 1. The van der Waals surface area contributed by atoms with Crippen LogP contribution in [0.2, 0.25) is 5.02 Å². The highest BCUT2D eigenvalue weighted by molar-refractivity contribution is 9.10. The maximum absolute atomic E-state index is 11.9. The normalized spacial score (nSPS) is 14.9. The summed E-state index contributed by atoms with van der Waals surface area (Å²) in [6, 6.07) is 4.86. The number of nitrogens with one attached hydrogen (secondary N) is 1. The summed E-state index contributed by atoms with van der Waals surface area (Å²) in [5.41, 5.74) is 0.635. The van der Waals surface area contributed by atoms with Gasteiger partial charge in [0.1, 0.15) is 0 Å². The Kier molecular flexibility index (Phi) is 4.31. The van der Waals surface area contributed by atoms with E-state index in [1.165, 1.54) is 0 Å². The average Bonchev–Trinajstić information content (AvgIpc) is 2.26. The summed E-state index contributed by atoms with van der Waals surface area (Å²) in [6.45, 7) is 0.951. The fourth-order valence-corrected chi connectivity index (χ4v) is 2.68. The van der Waals surface area contributed by atoms with Gasteiger partial charge in [0.05, 0.1) is 12.1 Å². The third-order valence-electron chi connectivity index (χ3n) is 2.88. The van der Waals surface area contributed by atoms with Gasteiger partial charge in [-0.15, -0.1) is 0 Å². The third-order valence-corrected chi connectivity index (χ3v) is 3.77. The molecule has 0 saturated carbocycles. The Morgan fingerprint density at radius 2 is 2.16 bits per heavy atom. The minimum absolute atomic E-state index is 0.0527. The molecule has 19 heavy (non-hydrogen) atoms. The number of hydrogen-bond acceptors (Lipinski definition) is 2. The summed E-state index contributed by atoms with van der Waals surface area (Å²) in [7, 11) is 0. The van der Waals surface area contributed by atoms with Crippen LogP contribution in [0.1, 0.15) is 6.42 Å². The van der Waals surface area contributed by atoms with Gasteiger partial charge in [-0.1, -0.05) is 11.6 Å². The van der Waals surface area contributed by atoms with Crippen LogP contribution in [0.3, 0.4) is 0 Å². The highest BCUT2D eigenvalue weighted by atomic mass is 79.9. The van der Waals surface area contributed by atoms with E-state index in [2.05, 4.69) is 21.2 Å². The van der Waals surface area contributed by atoms with Gasteiger partial charge in [-0.05, 0) is 34.1 Å². The van der Waals surface area contributed by atoms with Crippen LogP contribution in [0.25, 0.3) is 0 Å². The molecule has 102 valence electrons. The number of carbonyl (C=O) groups excluding carboxylic acids is 1. The maximum atomic E-state index is 11.9. The molecule has 1 aliphatic rings. The Hall–Kier alpha value is -1.27. The molecule has 1 aromatic carbocycles. The molecule has 0 aliphatic carbocycles. The van der Waals surface area contributed by atoms with E-state index >= 15 is 0 Å². The van der Waals surface area contributed by atoms with Crippen molar-refractivity contribution >= 4 is 45.2 Å². The van der Waals surface area contributed by atoms with E-state index < -0.39 is 5.97 Å². The summed E-state index contributed by atoms with van der Waals surface area (Å²) < 4.78 is 0.705. The van der Waals surface area contributed by atoms with Gasteiger partial charge in [0, 0.05) is 28.5 Å². The second kappa shape index (κ2) is 5.79. The first-order chi connectivity index (χ1) is 8.95. The van der Waals surface area contributed by atoms with Crippen LogP contribution in [-0.2, 0) is 4.79 Å². The molecule has 7 heteroatoms. The monoisotopic (exact) mass is 346 g/mol. The minimum atomic E-state index is -0.828. The zero-order valence-electron chi connectivity index (χ0n) is 9.90. The van der Waals surface area contributed by atoms with Gasteiger partial charge in [-0.25, -0.2) is 4.79 Å². The number of anilines is 1. The van der Waals surface area contributed by atoms with Gasteiger partial charge in [0.2, 0.25) is 0 Å². The van der Waals surface area contributed by atoms with Crippen LogP contribution in [-0.4, -0.2) is 35.1 Å². The maximum Gasteiger partial charge on any atom is 0.321 e. The first kappa shape index (κ1) is 14.1. The first-order valence-corrected chi connectivity index (χ1v) is 6.85. The van der Waals surface area contributed by atoms with Crippen molar-refractivity contribution in [3.05, 3.63) is 27.7 Å². The van der Waals surface area contributed by atoms with E-state index in [4.69, 9.17) is 16.7 Å². The van der Waals surface area contributed by atoms with E-state index in [0.717, 1.165) is 0 Å². The molecule has 0 spiro atoms. The SMILES string of the molecule is O=C(O)CC1CN(C(=O)Nc2ccc(Cl)cc2Br)C1. The van der Waals surface area contributed by atoms with E-state index in [1.807, 2.05) is 0 Å². The molecular weight excluding hydrogens is 335 g/mol. The highest BCUT2D eigenvalue weighted by Gasteiger charge is 2.32. The number of carbonyl (C=O) groups is 2. The summed E-state index contributed by atoms with van der Waals surface area (Å²) in [5.74, 6) is -0.776. The number of aliphatic carboxylic acids is 1.